The molecule has 8 nitrogen and oxygen atoms in total. The minimum atomic E-state index is -0.327. The Labute approximate surface area is 150 Å². The molecule has 1 aromatic carbocycles. The van der Waals surface area contributed by atoms with E-state index in [9.17, 15) is 4.79 Å². The molecule has 0 atom stereocenters. The van der Waals surface area contributed by atoms with Crippen molar-refractivity contribution < 1.29 is 18.7 Å². The van der Waals surface area contributed by atoms with Gasteiger partial charge in [-0.3, -0.25) is 4.79 Å². The molecule has 3 rings (SSSR count). The van der Waals surface area contributed by atoms with Crippen LogP contribution in [-0.2, 0) is 6.54 Å². The SMILES string of the molecule is COc1ccc(Nc2cnc(C(=O)NCc3ccco3)cn2)cc1OC. The number of carbonyl (C=O) groups excluding carboxylic acids is 1. The lowest BCUT2D eigenvalue weighted by molar-refractivity contribution is 0.0942. The van der Waals surface area contributed by atoms with Crippen LogP contribution >= 0.6 is 0 Å². The zero-order valence-corrected chi connectivity index (χ0v) is 14.4. The lowest BCUT2D eigenvalue weighted by atomic mass is 10.2. The predicted octanol–water partition coefficient (Wildman–Crippen LogP) is 2.76. The van der Waals surface area contributed by atoms with Gasteiger partial charge in [-0.2, -0.15) is 0 Å². The maximum atomic E-state index is 12.1. The van der Waals surface area contributed by atoms with Crippen molar-refractivity contribution in [3.05, 3.63) is 60.4 Å². The van der Waals surface area contributed by atoms with Crippen LogP contribution in [-0.4, -0.2) is 30.1 Å². The quantitative estimate of drug-likeness (QED) is 0.673. The highest BCUT2D eigenvalue weighted by atomic mass is 16.5. The van der Waals surface area contributed by atoms with Gasteiger partial charge in [-0.15, -0.1) is 0 Å². The summed E-state index contributed by atoms with van der Waals surface area (Å²) in [5.74, 6) is 2.07. The number of nitrogens with one attached hydrogen (secondary N) is 2. The molecular weight excluding hydrogens is 336 g/mol. The van der Waals surface area contributed by atoms with E-state index < -0.39 is 0 Å². The molecule has 0 aliphatic carbocycles. The second kappa shape index (κ2) is 8.02. The predicted molar refractivity (Wildman–Crippen MR) is 94.7 cm³/mol. The molecule has 0 radical (unpaired) electrons. The number of rotatable bonds is 7. The third-order valence-electron chi connectivity index (χ3n) is 3.54. The molecule has 0 saturated heterocycles. The zero-order chi connectivity index (χ0) is 18.4. The first-order chi connectivity index (χ1) is 12.7. The number of ether oxygens (including phenoxy) is 2. The zero-order valence-electron chi connectivity index (χ0n) is 14.4. The number of methoxy groups -OCH3 is 2. The van der Waals surface area contributed by atoms with Crippen LogP contribution in [0.4, 0.5) is 11.5 Å². The largest absolute Gasteiger partial charge is 0.493 e. The molecule has 8 heteroatoms. The van der Waals surface area contributed by atoms with Gasteiger partial charge in [0.15, 0.2) is 11.5 Å². The van der Waals surface area contributed by atoms with Gasteiger partial charge in [0, 0.05) is 11.8 Å². The topological polar surface area (TPSA) is 98.5 Å². The summed E-state index contributed by atoms with van der Waals surface area (Å²) in [6.45, 7) is 0.291. The Hall–Kier alpha value is -3.55. The van der Waals surface area contributed by atoms with Crippen molar-refractivity contribution in [2.24, 2.45) is 0 Å². The number of furan rings is 1. The molecule has 0 fully saturated rings. The fourth-order valence-electron chi connectivity index (χ4n) is 2.24. The molecule has 1 amide bonds. The number of aromatic nitrogens is 2. The number of nitrogens with zero attached hydrogens (tertiary/aromatic N) is 2. The van der Waals surface area contributed by atoms with E-state index in [-0.39, 0.29) is 11.6 Å². The van der Waals surface area contributed by atoms with Gasteiger partial charge in [0.05, 0.1) is 39.4 Å². The van der Waals surface area contributed by atoms with Gasteiger partial charge in [0.25, 0.3) is 5.91 Å². The molecule has 0 unspecified atom stereocenters. The van der Waals surface area contributed by atoms with Crippen LogP contribution in [0.1, 0.15) is 16.2 Å². The Morgan fingerprint density at radius 1 is 1.12 bits per heavy atom. The highest BCUT2D eigenvalue weighted by Crippen LogP contribution is 2.30. The van der Waals surface area contributed by atoms with E-state index in [0.29, 0.717) is 29.6 Å². The highest BCUT2D eigenvalue weighted by Gasteiger charge is 2.09. The standard InChI is InChI=1S/C18H18N4O4/c1-24-15-6-5-12(8-16(15)25-2)22-17-11-19-14(10-20-17)18(23)21-9-13-4-3-7-26-13/h3-8,10-11H,9H2,1-2H3,(H,20,22)(H,21,23). The molecule has 0 saturated carbocycles. The Morgan fingerprint density at radius 3 is 2.62 bits per heavy atom. The van der Waals surface area contributed by atoms with Gasteiger partial charge in [0.1, 0.15) is 17.3 Å². The monoisotopic (exact) mass is 354 g/mol. The molecule has 0 aliphatic rings. The summed E-state index contributed by atoms with van der Waals surface area (Å²) in [6.07, 6.45) is 4.44. The molecule has 26 heavy (non-hydrogen) atoms. The fourth-order valence-corrected chi connectivity index (χ4v) is 2.24. The molecule has 3 aromatic rings. The first kappa shape index (κ1) is 17.3. The van der Waals surface area contributed by atoms with E-state index in [1.54, 1.807) is 44.7 Å². The summed E-state index contributed by atoms with van der Waals surface area (Å²) in [5, 5.41) is 5.81. The third kappa shape index (κ3) is 4.10. The Kier molecular flexibility index (Phi) is 5.33. The van der Waals surface area contributed by atoms with Crippen LogP contribution in [0.15, 0.2) is 53.4 Å². The number of carbonyl (C=O) groups is 1. The summed E-state index contributed by atoms with van der Waals surface area (Å²) in [5.41, 5.74) is 0.974. The minimum absolute atomic E-state index is 0.217. The molecule has 2 N–H and O–H groups in total. The van der Waals surface area contributed by atoms with Gasteiger partial charge >= 0.3 is 0 Å². The van der Waals surface area contributed by atoms with E-state index in [1.165, 1.54) is 12.4 Å². The van der Waals surface area contributed by atoms with E-state index in [2.05, 4.69) is 20.6 Å². The summed E-state index contributed by atoms with van der Waals surface area (Å²) in [7, 11) is 3.14. The summed E-state index contributed by atoms with van der Waals surface area (Å²) < 4.78 is 15.6. The average molecular weight is 354 g/mol. The van der Waals surface area contributed by atoms with Crippen LogP contribution < -0.4 is 20.1 Å². The maximum Gasteiger partial charge on any atom is 0.271 e. The van der Waals surface area contributed by atoms with Crippen molar-refractivity contribution in [3.63, 3.8) is 0 Å². The summed E-state index contributed by atoms with van der Waals surface area (Å²) in [4.78, 5) is 20.4. The van der Waals surface area contributed by atoms with Gasteiger partial charge in [0.2, 0.25) is 0 Å². The molecule has 0 aliphatic heterocycles. The van der Waals surface area contributed by atoms with Crippen LogP contribution in [0.5, 0.6) is 11.5 Å². The first-order valence-corrected chi connectivity index (χ1v) is 7.81. The molecule has 2 aromatic heterocycles. The van der Waals surface area contributed by atoms with Crippen molar-refractivity contribution in [2.45, 2.75) is 6.54 Å². The summed E-state index contributed by atoms with van der Waals surface area (Å²) in [6, 6.07) is 8.93. The first-order valence-electron chi connectivity index (χ1n) is 7.81. The van der Waals surface area contributed by atoms with Crippen LogP contribution in [0, 0.1) is 0 Å². The van der Waals surface area contributed by atoms with Gasteiger partial charge in [-0.05, 0) is 24.3 Å². The highest BCUT2D eigenvalue weighted by molar-refractivity contribution is 5.91. The Bertz CT molecular complexity index is 863. The number of amides is 1. The Morgan fingerprint density at radius 2 is 1.96 bits per heavy atom. The number of hydrogen-bond acceptors (Lipinski definition) is 7. The molecule has 2 heterocycles. The normalized spacial score (nSPS) is 10.2. The summed E-state index contributed by atoms with van der Waals surface area (Å²) >= 11 is 0. The molecule has 134 valence electrons. The van der Waals surface area contributed by atoms with Crippen molar-refractivity contribution in [2.75, 3.05) is 19.5 Å². The second-order valence-electron chi connectivity index (χ2n) is 5.24. The van der Waals surface area contributed by atoms with Crippen LogP contribution in [0.3, 0.4) is 0 Å². The van der Waals surface area contributed by atoms with Crippen molar-refractivity contribution in [1.82, 2.24) is 15.3 Å². The lowest BCUT2D eigenvalue weighted by Gasteiger charge is -2.11. The minimum Gasteiger partial charge on any atom is -0.493 e. The number of benzene rings is 1. The van der Waals surface area contributed by atoms with E-state index in [0.717, 1.165) is 5.69 Å². The van der Waals surface area contributed by atoms with Crippen molar-refractivity contribution in [3.8, 4) is 11.5 Å². The number of anilines is 2. The van der Waals surface area contributed by atoms with E-state index in [1.807, 2.05) is 6.07 Å². The fraction of sp³-hybridized carbons (Fsp3) is 0.167. The maximum absolute atomic E-state index is 12.1. The van der Waals surface area contributed by atoms with Gasteiger partial charge < -0.3 is 24.5 Å². The molecule has 0 spiro atoms. The van der Waals surface area contributed by atoms with Crippen molar-refractivity contribution >= 4 is 17.4 Å². The Balaban J connectivity index is 1.63. The van der Waals surface area contributed by atoms with Gasteiger partial charge in [-0.25, -0.2) is 9.97 Å². The van der Waals surface area contributed by atoms with E-state index >= 15 is 0 Å². The smallest absolute Gasteiger partial charge is 0.271 e. The lowest BCUT2D eigenvalue weighted by Crippen LogP contribution is -2.23. The van der Waals surface area contributed by atoms with Gasteiger partial charge in [-0.1, -0.05) is 0 Å². The average Bonchev–Trinajstić information content (AvgIpc) is 3.20. The molecule has 0 bridgehead atoms. The third-order valence-corrected chi connectivity index (χ3v) is 3.54. The van der Waals surface area contributed by atoms with E-state index in [4.69, 9.17) is 13.9 Å². The van der Waals surface area contributed by atoms with Crippen molar-refractivity contribution in [1.29, 1.82) is 0 Å². The number of hydrogen-bond donors (Lipinski definition) is 2. The molecular formula is C18H18N4O4. The van der Waals surface area contributed by atoms with Crippen LogP contribution in [0.25, 0.3) is 0 Å². The second-order valence-corrected chi connectivity index (χ2v) is 5.24. The van der Waals surface area contributed by atoms with Crippen LogP contribution in [0.2, 0.25) is 0 Å².